The van der Waals surface area contributed by atoms with Gasteiger partial charge in [0.2, 0.25) is 11.8 Å². The van der Waals surface area contributed by atoms with Gasteiger partial charge < -0.3 is 24.4 Å². The number of carbonyl (C=O) groups is 2. The van der Waals surface area contributed by atoms with Gasteiger partial charge in [-0.3, -0.25) is 13.9 Å². The molecule has 2 amide bonds. The van der Waals surface area contributed by atoms with Crippen LogP contribution in [0.4, 0.5) is 5.69 Å². The monoisotopic (exact) mass is 597 g/mol. The summed E-state index contributed by atoms with van der Waals surface area (Å²) in [7, 11) is 0.0801. The molecule has 0 heterocycles. The predicted molar refractivity (Wildman–Crippen MR) is 162 cm³/mol. The third-order valence-corrected chi connectivity index (χ3v) is 8.66. The molecular formula is C31H39N3O7S. The zero-order valence-electron chi connectivity index (χ0n) is 24.9. The van der Waals surface area contributed by atoms with E-state index in [1.54, 1.807) is 24.3 Å². The molecule has 0 aliphatic rings. The Morgan fingerprint density at radius 2 is 1.60 bits per heavy atom. The van der Waals surface area contributed by atoms with Crippen LogP contribution in [-0.4, -0.2) is 65.6 Å². The minimum atomic E-state index is -4.30. The van der Waals surface area contributed by atoms with Crippen LogP contribution in [0.3, 0.4) is 0 Å². The van der Waals surface area contributed by atoms with Crippen LogP contribution in [0.2, 0.25) is 0 Å². The van der Waals surface area contributed by atoms with Gasteiger partial charge in [-0.25, -0.2) is 8.42 Å². The molecule has 0 radical (unpaired) electrons. The number of aryl methyl sites for hydroxylation is 1. The number of sulfonamides is 1. The van der Waals surface area contributed by atoms with Crippen LogP contribution in [0.15, 0.2) is 71.6 Å². The first-order valence-electron chi connectivity index (χ1n) is 13.6. The summed E-state index contributed by atoms with van der Waals surface area (Å²) in [6.07, 6.45) is 0.336. The zero-order valence-corrected chi connectivity index (χ0v) is 25.7. The van der Waals surface area contributed by atoms with E-state index < -0.39 is 28.5 Å². The van der Waals surface area contributed by atoms with Crippen LogP contribution < -0.4 is 23.8 Å². The molecule has 0 unspecified atom stereocenters. The van der Waals surface area contributed by atoms with Crippen LogP contribution in [0.5, 0.6) is 17.2 Å². The number of benzene rings is 3. The molecule has 10 nitrogen and oxygen atoms in total. The standard InChI is InChI=1S/C31H39N3O7S/c1-7-27(31(36)32-4)33(20-23-12-10-9-11-22(23)3)30(35)21-34(24-13-15-25(16-14-24)41-8-2)42(37,38)26-17-18-28(39-5)29(19-26)40-6/h9-19,27H,7-8,20-21H2,1-6H3,(H,32,36)/t27-/m0/s1. The lowest BCUT2D eigenvalue weighted by Crippen LogP contribution is -2.51. The topological polar surface area (TPSA) is 114 Å². The first-order chi connectivity index (χ1) is 20.1. The Labute approximate surface area is 248 Å². The average Bonchev–Trinajstić information content (AvgIpc) is 3.00. The van der Waals surface area contributed by atoms with Gasteiger partial charge in [0.05, 0.1) is 31.4 Å². The van der Waals surface area contributed by atoms with E-state index in [1.165, 1.54) is 44.4 Å². The Bertz CT molecular complexity index is 1480. The molecule has 1 N–H and O–H groups in total. The molecule has 3 rings (SSSR count). The minimum absolute atomic E-state index is 0.0920. The van der Waals surface area contributed by atoms with Gasteiger partial charge in [0, 0.05) is 19.7 Å². The number of nitrogens with zero attached hydrogens (tertiary/aromatic N) is 2. The summed E-state index contributed by atoms with van der Waals surface area (Å²) in [4.78, 5) is 28.3. The highest BCUT2D eigenvalue weighted by molar-refractivity contribution is 7.92. The third kappa shape index (κ3) is 7.33. The van der Waals surface area contributed by atoms with Crippen LogP contribution >= 0.6 is 0 Å². The number of amides is 2. The van der Waals surface area contributed by atoms with Crippen LogP contribution in [-0.2, 0) is 26.2 Å². The van der Waals surface area contributed by atoms with E-state index in [-0.39, 0.29) is 28.8 Å². The Morgan fingerprint density at radius 3 is 2.17 bits per heavy atom. The largest absolute Gasteiger partial charge is 0.494 e. The summed E-state index contributed by atoms with van der Waals surface area (Å²) in [6, 6.07) is 17.4. The molecule has 1 atom stereocenters. The number of rotatable bonds is 14. The molecule has 0 spiro atoms. The summed E-state index contributed by atoms with van der Waals surface area (Å²) >= 11 is 0. The predicted octanol–water partition coefficient (Wildman–Crippen LogP) is 4.16. The van der Waals surface area contributed by atoms with Crippen molar-refractivity contribution in [1.82, 2.24) is 10.2 Å². The molecule has 0 saturated carbocycles. The van der Waals surface area contributed by atoms with Gasteiger partial charge in [-0.05, 0) is 67.8 Å². The smallest absolute Gasteiger partial charge is 0.264 e. The molecule has 3 aromatic rings. The van der Waals surface area contributed by atoms with Gasteiger partial charge >= 0.3 is 0 Å². The number of hydrogen-bond donors (Lipinski definition) is 1. The fourth-order valence-electron chi connectivity index (χ4n) is 4.57. The highest BCUT2D eigenvalue weighted by Gasteiger charge is 2.34. The number of methoxy groups -OCH3 is 2. The lowest BCUT2D eigenvalue weighted by Gasteiger charge is -2.33. The Balaban J connectivity index is 2.11. The lowest BCUT2D eigenvalue weighted by atomic mass is 10.1. The van der Waals surface area contributed by atoms with E-state index in [1.807, 2.05) is 45.0 Å². The normalized spacial score (nSPS) is 11.8. The molecule has 0 aromatic heterocycles. The average molecular weight is 598 g/mol. The molecule has 0 aliphatic heterocycles. The van der Waals surface area contributed by atoms with Crippen molar-refractivity contribution in [2.45, 2.75) is 44.7 Å². The summed E-state index contributed by atoms with van der Waals surface area (Å²) < 4.78 is 45.5. The fraction of sp³-hybridized carbons (Fsp3) is 0.355. The summed E-state index contributed by atoms with van der Waals surface area (Å²) in [5.74, 6) is 0.272. The fourth-order valence-corrected chi connectivity index (χ4v) is 6.00. The molecular weight excluding hydrogens is 558 g/mol. The van der Waals surface area contributed by atoms with Crippen LogP contribution in [0.25, 0.3) is 0 Å². The van der Waals surface area contributed by atoms with Crippen molar-refractivity contribution in [2.24, 2.45) is 0 Å². The Morgan fingerprint density at radius 1 is 0.929 bits per heavy atom. The van der Waals surface area contributed by atoms with Gasteiger partial charge in [0.25, 0.3) is 10.0 Å². The number of carbonyl (C=O) groups excluding carboxylic acids is 2. The molecule has 0 fully saturated rings. The van der Waals surface area contributed by atoms with Crippen molar-refractivity contribution in [3.05, 3.63) is 77.9 Å². The molecule has 3 aromatic carbocycles. The van der Waals surface area contributed by atoms with Crippen molar-refractivity contribution in [2.75, 3.05) is 38.7 Å². The van der Waals surface area contributed by atoms with Gasteiger partial charge in [-0.15, -0.1) is 0 Å². The van der Waals surface area contributed by atoms with E-state index in [4.69, 9.17) is 14.2 Å². The van der Waals surface area contributed by atoms with Gasteiger partial charge in [0.1, 0.15) is 18.3 Å². The Hall–Kier alpha value is -4.25. The summed E-state index contributed by atoms with van der Waals surface area (Å²) in [5.41, 5.74) is 2.05. The molecule has 42 heavy (non-hydrogen) atoms. The van der Waals surface area contributed by atoms with Crippen molar-refractivity contribution < 1.29 is 32.2 Å². The van der Waals surface area contributed by atoms with E-state index >= 15 is 0 Å². The number of likely N-dealkylation sites (N-methyl/N-ethyl adjacent to an activating group) is 1. The molecule has 0 saturated heterocycles. The first kappa shape index (κ1) is 32.3. The Kier molecular flexibility index (Phi) is 11.2. The quantitative estimate of drug-likeness (QED) is 0.297. The minimum Gasteiger partial charge on any atom is -0.494 e. The maximum Gasteiger partial charge on any atom is 0.264 e. The van der Waals surface area contributed by atoms with E-state index in [0.717, 1.165) is 15.4 Å². The maximum absolute atomic E-state index is 14.2. The maximum atomic E-state index is 14.2. The van der Waals surface area contributed by atoms with E-state index in [9.17, 15) is 18.0 Å². The van der Waals surface area contributed by atoms with E-state index in [0.29, 0.717) is 24.5 Å². The van der Waals surface area contributed by atoms with E-state index in [2.05, 4.69) is 5.32 Å². The number of hydrogen-bond acceptors (Lipinski definition) is 7. The van der Waals surface area contributed by atoms with Crippen molar-refractivity contribution in [3.63, 3.8) is 0 Å². The molecule has 0 bridgehead atoms. The number of anilines is 1. The lowest BCUT2D eigenvalue weighted by molar-refractivity contribution is -0.140. The SMILES string of the molecule is CCOc1ccc(N(CC(=O)N(Cc2ccccc2C)[C@@H](CC)C(=O)NC)S(=O)(=O)c2ccc(OC)c(OC)c2)cc1. The molecule has 226 valence electrons. The second kappa shape index (κ2) is 14.6. The highest BCUT2D eigenvalue weighted by atomic mass is 32.2. The highest BCUT2D eigenvalue weighted by Crippen LogP contribution is 2.33. The third-order valence-electron chi connectivity index (χ3n) is 6.89. The zero-order chi connectivity index (χ0) is 30.9. The number of ether oxygens (including phenoxy) is 3. The molecule has 0 aliphatic carbocycles. The van der Waals surface area contributed by atoms with Gasteiger partial charge in [-0.1, -0.05) is 31.2 Å². The summed E-state index contributed by atoms with van der Waals surface area (Å²) in [6.45, 7) is 5.60. The van der Waals surface area contributed by atoms with Crippen LogP contribution in [0.1, 0.15) is 31.4 Å². The van der Waals surface area contributed by atoms with Gasteiger partial charge in [-0.2, -0.15) is 0 Å². The molecule has 11 heteroatoms. The second-order valence-corrected chi connectivity index (χ2v) is 11.3. The summed E-state index contributed by atoms with van der Waals surface area (Å²) in [5, 5.41) is 2.63. The number of nitrogens with one attached hydrogen (secondary N) is 1. The van der Waals surface area contributed by atoms with Gasteiger partial charge in [0.15, 0.2) is 11.5 Å². The van der Waals surface area contributed by atoms with Crippen molar-refractivity contribution in [3.8, 4) is 17.2 Å². The first-order valence-corrected chi connectivity index (χ1v) is 15.1. The van der Waals surface area contributed by atoms with Crippen molar-refractivity contribution >= 4 is 27.5 Å². The van der Waals surface area contributed by atoms with Crippen LogP contribution in [0, 0.1) is 6.92 Å². The second-order valence-electron chi connectivity index (χ2n) is 9.44. The van der Waals surface area contributed by atoms with Crippen molar-refractivity contribution in [1.29, 1.82) is 0 Å².